The van der Waals surface area contributed by atoms with E-state index < -0.39 is 0 Å². The average Bonchev–Trinajstić information content (AvgIpc) is 2.97. The minimum Gasteiger partial charge on any atom is -0.497 e. The molecule has 3 aromatic rings. The van der Waals surface area contributed by atoms with Crippen molar-refractivity contribution in [1.82, 2.24) is 14.8 Å². The van der Waals surface area contributed by atoms with Gasteiger partial charge in [0.1, 0.15) is 17.4 Å². The summed E-state index contributed by atoms with van der Waals surface area (Å²) in [5.41, 5.74) is 1.29. The zero-order valence-electron chi connectivity index (χ0n) is 15.6. The number of amides is 1. The van der Waals surface area contributed by atoms with Crippen molar-refractivity contribution in [2.75, 3.05) is 12.4 Å². The van der Waals surface area contributed by atoms with E-state index in [4.69, 9.17) is 4.74 Å². The van der Waals surface area contributed by atoms with Crippen LogP contribution in [0.2, 0.25) is 0 Å². The Balaban J connectivity index is 1.63. The second kappa shape index (κ2) is 7.80. The van der Waals surface area contributed by atoms with Crippen LogP contribution in [0.5, 0.6) is 5.75 Å². The van der Waals surface area contributed by atoms with Crippen molar-refractivity contribution in [3.05, 3.63) is 59.7 Å². The number of carbonyl (C=O) groups excluding carboxylic acids is 1. The van der Waals surface area contributed by atoms with Gasteiger partial charge in [-0.2, -0.15) is 0 Å². The van der Waals surface area contributed by atoms with Crippen molar-refractivity contribution in [3.63, 3.8) is 0 Å². The highest BCUT2D eigenvalue weighted by atomic mass is 19.1. The number of carbonyl (C=O) groups is 1. The molecule has 1 aliphatic rings. The summed E-state index contributed by atoms with van der Waals surface area (Å²) in [7, 11) is 1.55. The Kier molecular flexibility index (Phi) is 5.06. The van der Waals surface area contributed by atoms with Crippen LogP contribution < -0.4 is 10.1 Å². The highest BCUT2D eigenvalue weighted by Crippen LogP contribution is 2.28. The first-order chi connectivity index (χ1) is 13.7. The summed E-state index contributed by atoms with van der Waals surface area (Å²) in [6.45, 7) is 0.775. The summed E-state index contributed by atoms with van der Waals surface area (Å²) in [5, 5.41) is 11.3. The van der Waals surface area contributed by atoms with E-state index in [0.717, 1.165) is 38.1 Å². The molecule has 0 atom stereocenters. The third-order valence-corrected chi connectivity index (χ3v) is 4.91. The molecule has 0 bridgehead atoms. The van der Waals surface area contributed by atoms with E-state index in [1.807, 2.05) is 4.57 Å². The predicted octanol–water partition coefficient (Wildman–Crippen LogP) is 4.07. The predicted molar refractivity (Wildman–Crippen MR) is 104 cm³/mol. The van der Waals surface area contributed by atoms with E-state index in [0.29, 0.717) is 28.4 Å². The molecule has 2 aromatic carbocycles. The van der Waals surface area contributed by atoms with E-state index in [-0.39, 0.29) is 11.7 Å². The minimum atomic E-state index is -0.390. The van der Waals surface area contributed by atoms with Crippen LogP contribution in [0.1, 0.15) is 35.4 Å². The zero-order chi connectivity index (χ0) is 19.5. The number of nitrogens with one attached hydrogen (secondary N) is 1. The molecule has 4 rings (SSSR count). The molecule has 1 N–H and O–H groups in total. The van der Waals surface area contributed by atoms with Gasteiger partial charge in [0, 0.05) is 24.2 Å². The number of fused-ring (bicyclic) bond motifs is 1. The van der Waals surface area contributed by atoms with Crippen LogP contribution in [-0.2, 0) is 13.0 Å². The number of hydrogen-bond acceptors (Lipinski definition) is 4. The van der Waals surface area contributed by atoms with Crippen molar-refractivity contribution in [2.24, 2.45) is 0 Å². The van der Waals surface area contributed by atoms with Crippen LogP contribution in [0.25, 0.3) is 11.4 Å². The Morgan fingerprint density at radius 2 is 2.04 bits per heavy atom. The van der Waals surface area contributed by atoms with Gasteiger partial charge >= 0.3 is 0 Å². The number of anilines is 1. The second-order valence-electron chi connectivity index (χ2n) is 6.78. The van der Waals surface area contributed by atoms with E-state index in [1.165, 1.54) is 12.1 Å². The largest absolute Gasteiger partial charge is 0.497 e. The SMILES string of the molecule is COc1cccc(C(=O)Nc2ccc(F)c(-c3nnc4n3CCCCC4)c2)c1. The van der Waals surface area contributed by atoms with Crippen molar-refractivity contribution in [2.45, 2.75) is 32.2 Å². The fourth-order valence-corrected chi connectivity index (χ4v) is 3.43. The standard InChI is InChI=1S/C21H21FN4O2/c1-28-16-7-5-6-14(12-16)21(27)23-15-9-10-18(22)17(13-15)20-25-24-19-8-3-2-4-11-26(19)20/h5-7,9-10,12-13H,2-4,8,11H2,1H3,(H,23,27). The van der Waals surface area contributed by atoms with Crippen molar-refractivity contribution in [1.29, 1.82) is 0 Å². The molecule has 6 nitrogen and oxygen atoms in total. The van der Waals surface area contributed by atoms with Gasteiger partial charge in [-0.25, -0.2) is 4.39 Å². The molecule has 0 radical (unpaired) electrons. The lowest BCUT2D eigenvalue weighted by atomic mass is 10.1. The lowest BCUT2D eigenvalue weighted by Gasteiger charge is -2.11. The molecule has 28 heavy (non-hydrogen) atoms. The van der Waals surface area contributed by atoms with E-state index in [2.05, 4.69) is 15.5 Å². The molecule has 0 aliphatic carbocycles. The number of halogens is 1. The molecule has 1 amide bonds. The number of rotatable bonds is 4. The molecule has 0 unspecified atom stereocenters. The first-order valence-electron chi connectivity index (χ1n) is 9.33. The van der Waals surface area contributed by atoms with Crippen LogP contribution in [0.3, 0.4) is 0 Å². The molecule has 1 aromatic heterocycles. The van der Waals surface area contributed by atoms with Crippen LogP contribution in [0, 0.1) is 5.82 Å². The van der Waals surface area contributed by atoms with Gasteiger partial charge < -0.3 is 14.6 Å². The van der Waals surface area contributed by atoms with Crippen molar-refractivity contribution in [3.8, 4) is 17.1 Å². The Hall–Kier alpha value is -3.22. The third-order valence-electron chi connectivity index (χ3n) is 4.91. The number of nitrogens with zero attached hydrogens (tertiary/aromatic N) is 3. The van der Waals surface area contributed by atoms with Gasteiger partial charge in [-0.15, -0.1) is 10.2 Å². The summed E-state index contributed by atoms with van der Waals surface area (Å²) >= 11 is 0. The summed E-state index contributed by atoms with van der Waals surface area (Å²) < 4.78 is 21.7. The normalized spacial score (nSPS) is 13.5. The van der Waals surface area contributed by atoms with Crippen LogP contribution in [0.15, 0.2) is 42.5 Å². The smallest absolute Gasteiger partial charge is 0.255 e. The molecule has 0 spiro atoms. The molecule has 0 saturated carbocycles. The minimum absolute atomic E-state index is 0.295. The summed E-state index contributed by atoms with van der Waals surface area (Å²) in [6, 6.07) is 11.3. The van der Waals surface area contributed by atoms with Gasteiger partial charge in [-0.1, -0.05) is 12.5 Å². The molecular formula is C21H21FN4O2. The van der Waals surface area contributed by atoms with Crippen molar-refractivity contribution >= 4 is 11.6 Å². The maximum atomic E-state index is 14.6. The van der Waals surface area contributed by atoms with Gasteiger partial charge in [-0.3, -0.25) is 4.79 Å². The van der Waals surface area contributed by atoms with Crippen LogP contribution >= 0.6 is 0 Å². The molecule has 7 heteroatoms. The number of methoxy groups -OCH3 is 1. The lowest BCUT2D eigenvalue weighted by molar-refractivity contribution is 0.102. The molecule has 0 fully saturated rings. The van der Waals surface area contributed by atoms with E-state index >= 15 is 0 Å². The van der Waals surface area contributed by atoms with Crippen LogP contribution in [-0.4, -0.2) is 27.8 Å². The Morgan fingerprint density at radius 1 is 1.14 bits per heavy atom. The summed E-state index contributed by atoms with van der Waals surface area (Å²) in [6.07, 6.45) is 4.06. The van der Waals surface area contributed by atoms with E-state index in [1.54, 1.807) is 37.4 Å². The maximum Gasteiger partial charge on any atom is 0.255 e. The van der Waals surface area contributed by atoms with Gasteiger partial charge in [0.2, 0.25) is 0 Å². The van der Waals surface area contributed by atoms with Gasteiger partial charge in [0.15, 0.2) is 5.82 Å². The van der Waals surface area contributed by atoms with Crippen molar-refractivity contribution < 1.29 is 13.9 Å². The number of hydrogen-bond donors (Lipinski definition) is 1. The topological polar surface area (TPSA) is 69.0 Å². The number of aryl methyl sites for hydroxylation is 1. The Bertz CT molecular complexity index is 1020. The Labute approximate surface area is 162 Å². The van der Waals surface area contributed by atoms with E-state index in [9.17, 15) is 9.18 Å². The quantitative estimate of drug-likeness (QED) is 0.741. The summed E-state index contributed by atoms with van der Waals surface area (Å²) in [5.74, 6) is 1.30. The first-order valence-corrected chi connectivity index (χ1v) is 9.33. The number of aromatic nitrogens is 3. The van der Waals surface area contributed by atoms with Gasteiger partial charge in [0.05, 0.1) is 12.7 Å². The molecule has 2 heterocycles. The van der Waals surface area contributed by atoms with Crippen LogP contribution in [0.4, 0.5) is 10.1 Å². The summed E-state index contributed by atoms with van der Waals surface area (Å²) in [4.78, 5) is 12.5. The van der Waals surface area contributed by atoms with Gasteiger partial charge in [-0.05, 0) is 49.2 Å². The number of ether oxygens (including phenoxy) is 1. The van der Waals surface area contributed by atoms with Gasteiger partial charge in [0.25, 0.3) is 5.91 Å². The Morgan fingerprint density at radius 3 is 2.89 bits per heavy atom. The molecule has 1 aliphatic heterocycles. The fourth-order valence-electron chi connectivity index (χ4n) is 3.43. The number of benzene rings is 2. The monoisotopic (exact) mass is 380 g/mol. The zero-order valence-corrected chi connectivity index (χ0v) is 15.6. The second-order valence-corrected chi connectivity index (χ2v) is 6.78. The maximum absolute atomic E-state index is 14.6. The third kappa shape index (κ3) is 3.60. The fraction of sp³-hybridized carbons (Fsp3) is 0.286. The molecule has 144 valence electrons. The highest BCUT2D eigenvalue weighted by molar-refractivity contribution is 6.04. The molecular weight excluding hydrogens is 359 g/mol. The average molecular weight is 380 g/mol. The first kappa shape index (κ1) is 18.2. The highest BCUT2D eigenvalue weighted by Gasteiger charge is 2.19. The lowest BCUT2D eigenvalue weighted by Crippen LogP contribution is -2.12. The molecule has 0 saturated heterocycles.